The molecule has 1 rings (SSSR count). The summed E-state index contributed by atoms with van der Waals surface area (Å²) in [4.78, 5) is 11.6. The topological polar surface area (TPSA) is 17.1 Å². The van der Waals surface area contributed by atoms with Crippen LogP contribution in [0.2, 0.25) is 0 Å². The van der Waals surface area contributed by atoms with Gasteiger partial charge in [-0.05, 0) is 12.2 Å². The van der Waals surface area contributed by atoms with E-state index in [0.29, 0.717) is 12.3 Å². The highest BCUT2D eigenvalue weighted by Gasteiger charge is 2.03. The molecule has 3 heteroatoms. The number of benzene rings is 1. The highest BCUT2D eigenvalue weighted by atomic mass is 35.5. The third-order valence-electron chi connectivity index (χ3n) is 2.01. The third-order valence-corrected chi connectivity index (χ3v) is 3.49. The van der Waals surface area contributed by atoms with E-state index in [2.05, 4.69) is 0 Å². The third kappa shape index (κ3) is 5.24. The summed E-state index contributed by atoms with van der Waals surface area (Å²) in [6, 6.07) is 9.46. The van der Waals surface area contributed by atoms with Gasteiger partial charge in [-0.15, -0.1) is 11.6 Å². The predicted molar refractivity (Wildman–Crippen MR) is 68.1 cm³/mol. The van der Waals surface area contributed by atoms with Crippen molar-refractivity contribution in [3.05, 3.63) is 35.9 Å². The molecule has 0 amide bonds. The molecule has 82 valence electrons. The standard InChI is InChI=1S/C12H15ClOS/c13-8-10-15-9-4-7-12(14)11-5-2-1-3-6-11/h1-3,5-6H,4,7-10H2. The van der Waals surface area contributed by atoms with Gasteiger partial charge >= 0.3 is 0 Å². The molecule has 0 fully saturated rings. The normalized spacial score (nSPS) is 10.2. The monoisotopic (exact) mass is 242 g/mol. The summed E-state index contributed by atoms with van der Waals surface area (Å²) in [5, 5.41) is 0. The SMILES string of the molecule is O=C(CCCSCCCl)c1ccccc1. The largest absolute Gasteiger partial charge is 0.294 e. The highest BCUT2D eigenvalue weighted by Crippen LogP contribution is 2.09. The van der Waals surface area contributed by atoms with Crippen molar-refractivity contribution < 1.29 is 4.79 Å². The maximum absolute atomic E-state index is 11.6. The number of hydrogen-bond donors (Lipinski definition) is 0. The number of carbonyl (C=O) groups excluding carboxylic acids is 1. The molecular formula is C12H15ClOS. The van der Waals surface area contributed by atoms with E-state index >= 15 is 0 Å². The van der Waals surface area contributed by atoms with Crippen LogP contribution in [-0.2, 0) is 0 Å². The summed E-state index contributed by atoms with van der Waals surface area (Å²) in [6.45, 7) is 0. The lowest BCUT2D eigenvalue weighted by molar-refractivity contribution is 0.0982. The Hall–Kier alpha value is -0.470. The van der Waals surface area contributed by atoms with Gasteiger partial charge in [0.25, 0.3) is 0 Å². The molecule has 0 heterocycles. The number of alkyl halides is 1. The molecule has 0 aliphatic rings. The molecule has 0 atom stereocenters. The van der Waals surface area contributed by atoms with Crippen LogP contribution in [0.3, 0.4) is 0 Å². The van der Waals surface area contributed by atoms with Crippen LogP contribution >= 0.6 is 23.4 Å². The van der Waals surface area contributed by atoms with Gasteiger partial charge in [0, 0.05) is 23.6 Å². The Morgan fingerprint density at radius 3 is 2.60 bits per heavy atom. The molecule has 0 aliphatic heterocycles. The van der Waals surface area contributed by atoms with E-state index in [1.807, 2.05) is 30.3 Å². The smallest absolute Gasteiger partial charge is 0.162 e. The molecular weight excluding hydrogens is 228 g/mol. The Morgan fingerprint density at radius 2 is 1.93 bits per heavy atom. The first-order valence-corrected chi connectivity index (χ1v) is 6.75. The molecule has 1 aromatic rings. The lowest BCUT2D eigenvalue weighted by Gasteiger charge is -2.00. The Bertz CT molecular complexity index is 287. The van der Waals surface area contributed by atoms with Gasteiger partial charge in [0.15, 0.2) is 5.78 Å². The molecule has 0 bridgehead atoms. The second-order valence-corrected chi connectivity index (χ2v) is 4.80. The van der Waals surface area contributed by atoms with Crippen LogP contribution in [0.1, 0.15) is 23.2 Å². The minimum atomic E-state index is 0.238. The molecule has 0 N–H and O–H groups in total. The van der Waals surface area contributed by atoms with Gasteiger partial charge in [-0.1, -0.05) is 30.3 Å². The van der Waals surface area contributed by atoms with Gasteiger partial charge in [-0.3, -0.25) is 4.79 Å². The number of carbonyl (C=O) groups is 1. The van der Waals surface area contributed by atoms with Gasteiger partial charge in [0.05, 0.1) is 0 Å². The molecule has 0 radical (unpaired) electrons. The van der Waals surface area contributed by atoms with Crippen molar-refractivity contribution in [2.45, 2.75) is 12.8 Å². The number of ketones is 1. The average Bonchev–Trinajstić information content (AvgIpc) is 2.30. The first-order valence-electron chi connectivity index (χ1n) is 5.06. The van der Waals surface area contributed by atoms with Crippen molar-refractivity contribution in [2.75, 3.05) is 17.4 Å². The minimum absolute atomic E-state index is 0.238. The van der Waals surface area contributed by atoms with Crippen LogP contribution < -0.4 is 0 Å². The summed E-state index contributed by atoms with van der Waals surface area (Å²) in [5.41, 5.74) is 0.819. The lowest BCUT2D eigenvalue weighted by atomic mass is 10.1. The molecule has 0 aliphatic carbocycles. The molecule has 1 nitrogen and oxygen atoms in total. The number of halogens is 1. The quantitative estimate of drug-likeness (QED) is 0.413. The highest BCUT2D eigenvalue weighted by molar-refractivity contribution is 7.99. The van der Waals surface area contributed by atoms with Gasteiger partial charge < -0.3 is 0 Å². The second-order valence-electron chi connectivity index (χ2n) is 3.19. The number of hydrogen-bond acceptors (Lipinski definition) is 2. The Balaban J connectivity index is 2.20. The molecule has 0 unspecified atom stereocenters. The van der Waals surface area contributed by atoms with Gasteiger partial charge in [-0.25, -0.2) is 0 Å². The fourth-order valence-electron chi connectivity index (χ4n) is 1.26. The van der Waals surface area contributed by atoms with Crippen LogP contribution in [0.25, 0.3) is 0 Å². The van der Waals surface area contributed by atoms with Gasteiger partial charge in [0.2, 0.25) is 0 Å². The first kappa shape index (κ1) is 12.6. The van der Waals surface area contributed by atoms with Crippen molar-refractivity contribution in [1.29, 1.82) is 0 Å². The zero-order chi connectivity index (χ0) is 10.9. The summed E-state index contributed by atoms with van der Waals surface area (Å²) in [7, 11) is 0. The van der Waals surface area contributed by atoms with Crippen molar-refractivity contribution >= 4 is 29.1 Å². The van der Waals surface area contributed by atoms with E-state index < -0.39 is 0 Å². The molecule has 0 aromatic heterocycles. The lowest BCUT2D eigenvalue weighted by Crippen LogP contribution is -1.99. The van der Waals surface area contributed by atoms with Crippen molar-refractivity contribution in [3.8, 4) is 0 Å². The molecule has 0 spiro atoms. The minimum Gasteiger partial charge on any atom is -0.294 e. The van der Waals surface area contributed by atoms with Crippen LogP contribution in [0.15, 0.2) is 30.3 Å². The van der Waals surface area contributed by atoms with Crippen LogP contribution in [0.5, 0.6) is 0 Å². The van der Waals surface area contributed by atoms with Crippen molar-refractivity contribution in [1.82, 2.24) is 0 Å². The Morgan fingerprint density at radius 1 is 1.20 bits per heavy atom. The molecule has 1 aromatic carbocycles. The van der Waals surface area contributed by atoms with Crippen molar-refractivity contribution in [3.63, 3.8) is 0 Å². The van der Waals surface area contributed by atoms with Gasteiger partial charge in [0.1, 0.15) is 0 Å². The van der Waals surface area contributed by atoms with Crippen LogP contribution in [0.4, 0.5) is 0 Å². The first-order chi connectivity index (χ1) is 7.34. The zero-order valence-corrected chi connectivity index (χ0v) is 10.2. The van der Waals surface area contributed by atoms with E-state index in [1.54, 1.807) is 11.8 Å². The summed E-state index contributed by atoms with van der Waals surface area (Å²) >= 11 is 7.36. The van der Waals surface area contributed by atoms with E-state index in [9.17, 15) is 4.79 Å². The maximum Gasteiger partial charge on any atom is 0.162 e. The van der Waals surface area contributed by atoms with Crippen LogP contribution in [0, 0.1) is 0 Å². The fraction of sp³-hybridized carbons (Fsp3) is 0.417. The molecule has 0 saturated carbocycles. The van der Waals surface area contributed by atoms with Crippen LogP contribution in [-0.4, -0.2) is 23.2 Å². The van der Waals surface area contributed by atoms with E-state index in [0.717, 1.165) is 23.5 Å². The molecule has 15 heavy (non-hydrogen) atoms. The summed E-state index contributed by atoms with van der Waals surface area (Å²) in [5.74, 6) is 2.92. The second kappa shape index (κ2) is 7.77. The number of rotatable bonds is 7. The number of thioether (sulfide) groups is 1. The van der Waals surface area contributed by atoms with E-state index in [4.69, 9.17) is 11.6 Å². The zero-order valence-electron chi connectivity index (χ0n) is 8.62. The van der Waals surface area contributed by atoms with Gasteiger partial charge in [-0.2, -0.15) is 11.8 Å². The Kier molecular flexibility index (Phi) is 6.53. The van der Waals surface area contributed by atoms with Crippen molar-refractivity contribution in [2.24, 2.45) is 0 Å². The number of Topliss-reactive ketones (excluding diaryl/α,β-unsaturated/α-hetero) is 1. The Labute approximate surface area is 100 Å². The molecule has 0 saturated heterocycles. The maximum atomic E-state index is 11.6. The summed E-state index contributed by atoms with van der Waals surface area (Å²) in [6.07, 6.45) is 1.58. The van der Waals surface area contributed by atoms with E-state index in [1.165, 1.54) is 0 Å². The fourth-order valence-corrected chi connectivity index (χ4v) is 2.25. The predicted octanol–water partition coefficient (Wildman–Crippen LogP) is 3.62. The average molecular weight is 243 g/mol. The van der Waals surface area contributed by atoms with E-state index in [-0.39, 0.29) is 5.78 Å². The summed E-state index contributed by atoms with van der Waals surface area (Å²) < 4.78 is 0.